The molecule has 0 amide bonds. The van der Waals surface area contributed by atoms with Crippen LogP contribution in [0.15, 0.2) is 9.59 Å². The molecule has 17 heavy (non-hydrogen) atoms. The highest BCUT2D eigenvalue weighted by Crippen LogP contribution is 2.13. The van der Waals surface area contributed by atoms with E-state index in [0.717, 1.165) is 32.5 Å². The summed E-state index contributed by atoms with van der Waals surface area (Å²) in [5.74, 6) is 0.306. The number of aromatic nitrogens is 3. The SMILES string of the molecule is CCCN(c1n[nH]c(=O)[nH]c1=O)C1CCNC1. The first-order valence-corrected chi connectivity index (χ1v) is 5.88. The van der Waals surface area contributed by atoms with Crippen LogP contribution in [0.2, 0.25) is 0 Å². The Kier molecular flexibility index (Phi) is 3.58. The van der Waals surface area contributed by atoms with Crippen LogP contribution in [0.4, 0.5) is 5.82 Å². The summed E-state index contributed by atoms with van der Waals surface area (Å²) in [4.78, 5) is 26.8. The molecule has 1 aliphatic heterocycles. The van der Waals surface area contributed by atoms with Crippen molar-refractivity contribution in [1.82, 2.24) is 20.5 Å². The van der Waals surface area contributed by atoms with E-state index in [2.05, 4.69) is 27.4 Å². The summed E-state index contributed by atoms with van der Waals surface area (Å²) in [7, 11) is 0. The zero-order valence-electron chi connectivity index (χ0n) is 9.82. The van der Waals surface area contributed by atoms with Crippen LogP contribution in [0.3, 0.4) is 0 Å². The van der Waals surface area contributed by atoms with E-state index < -0.39 is 11.2 Å². The van der Waals surface area contributed by atoms with Gasteiger partial charge in [-0.2, -0.15) is 0 Å². The Bertz CT molecular complexity index is 474. The first kappa shape index (κ1) is 11.8. The van der Waals surface area contributed by atoms with E-state index in [0.29, 0.717) is 5.82 Å². The number of anilines is 1. The smallest absolute Gasteiger partial charge is 0.342 e. The summed E-state index contributed by atoms with van der Waals surface area (Å²) >= 11 is 0. The summed E-state index contributed by atoms with van der Waals surface area (Å²) < 4.78 is 0. The van der Waals surface area contributed by atoms with E-state index in [9.17, 15) is 9.59 Å². The number of hydrogen-bond acceptors (Lipinski definition) is 5. The largest absolute Gasteiger partial charge is 0.346 e. The molecule has 1 aliphatic rings. The van der Waals surface area contributed by atoms with Crippen LogP contribution < -0.4 is 21.5 Å². The molecule has 1 aromatic rings. The molecule has 0 radical (unpaired) electrons. The highest BCUT2D eigenvalue weighted by Gasteiger charge is 2.24. The Morgan fingerprint density at radius 2 is 2.29 bits per heavy atom. The molecule has 2 heterocycles. The van der Waals surface area contributed by atoms with Crippen molar-refractivity contribution < 1.29 is 0 Å². The Morgan fingerprint density at radius 3 is 2.88 bits per heavy atom. The Labute approximate surface area is 98.2 Å². The average molecular weight is 239 g/mol. The lowest BCUT2D eigenvalue weighted by Gasteiger charge is -2.27. The van der Waals surface area contributed by atoms with Crippen molar-refractivity contribution in [3.05, 3.63) is 20.8 Å². The Hall–Kier alpha value is -1.63. The molecule has 7 nitrogen and oxygen atoms in total. The van der Waals surface area contributed by atoms with Gasteiger partial charge in [-0.1, -0.05) is 6.92 Å². The van der Waals surface area contributed by atoms with E-state index in [-0.39, 0.29) is 6.04 Å². The first-order chi connectivity index (χ1) is 8.22. The third-order valence-electron chi connectivity index (χ3n) is 2.91. The van der Waals surface area contributed by atoms with E-state index >= 15 is 0 Å². The number of hydrogen-bond donors (Lipinski definition) is 3. The molecule has 0 aliphatic carbocycles. The van der Waals surface area contributed by atoms with Crippen molar-refractivity contribution >= 4 is 5.82 Å². The molecule has 1 aromatic heterocycles. The van der Waals surface area contributed by atoms with Gasteiger partial charge in [0.2, 0.25) is 5.82 Å². The quantitative estimate of drug-likeness (QED) is 0.629. The molecule has 1 fully saturated rings. The molecular formula is C10H17N5O2. The van der Waals surface area contributed by atoms with Crippen molar-refractivity contribution in [2.24, 2.45) is 0 Å². The van der Waals surface area contributed by atoms with Crippen LogP contribution in [0, 0.1) is 0 Å². The second kappa shape index (κ2) is 5.13. The van der Waals surface area contributed by atoms with E-state index in [4.69, 9.17) is 0 Å². The van der Waals surface area contributed by atoms with Gasteiger partial charge in [0, 0.05) is 19.1 Å². The maximum atomic E-state index is 11.7. The van der Waals surface area contributed by atoms with Gasteiger partial charge in [-0.3, -0.25) is 9.78 Å². The maximum absolute atomic E-state index is 11.7. The fourth-order valence-corrected chi connectivity index (χ4v) is 2.14. The van der Waals surface area contributed by atoms with Crippen molar-refractivity contribution in [3.63, 3.8) is 0 Å². The van der Waals surface area contributed by atoms with E-state index in [1.807, 2.05) is 4.90 Å². The molecule has 2 rings (SSSR count). The zero-order valence-corrected chi connectivity index (χ0v) is 9.82. The maximum Gasteiger partial charge on any atom is 0.342 e. The minimum absolute atomic E-state index is 0.273. The van der Waals surface area contributed by atoms with Gasteiger partial charge >= 0.3 is 5.69 Å². The topological polar surface area (TPSA) is 93.9 Å². The molecule has 3 N–H and O–H groups in total. The molecule has 1 atom stereocenters. The minimum Gasteiger partial charge on any atom is -0.346 e. The minimum atomic E-state index is -0.570. The highest BCUT2D eigenvalue weighted by molar-refractivity contribution is 5.36. The van der Waals surface area contributed by atoms with Gasteiger partial charge in [-0.25, -0.2) is 9.89 Å². The molecule has 0 saturated carbocycles. The van der Waals surface area contributed by atoms with Crippen LogP contribution >= 0.6 is 0 Å². The van der Waals surface area contributed by atoms with Gasteiger partial charge in [-0.05, 0) is 19.4 Å². The third kappa shape index (κ3) is 2.55. The van der Waals surface area contributed by atoms with Crippen LogP contribution in [-0.4, -0.2) is 40.9 Å². The van der Waals surface area contributed by atoms with Crippen LogP contribution in [0.25, 0.3) is 0 Å². The summed E-state index contributed by atoms with van der Waals surface area (Å²) in [6.07, 6.45) is 1.91. The van der Waals surface area contributed by atoms with E-state index in [1.165, 1.54) is 0 Å². The predicted octanol–water partition coefficient (Wildman–Crippen LogP) is -0.963. The number of H-pyrrole nitrogens is 2. The van der Waals surface area contributed by atoms with Crippen LogP contribution in [0.5, 0.6) is 0 Å². The average Bonchev–Trinajstić information content (AvgIpc) is 2.80. The van der Waals surface area contributed by atoms with Crippen molar-refractivity contribution in [3.8, 4) is 0 Å². The monoisotopic (exact) mass is 239 g/mol. The lowest BCUT2D eigenvalue weighted by molar-refractivity contribution is 0.607. The Morgan fingerprint density at radius 1 is 1.47 bits per heavy atom. The fourth-order valence-electron chi connectivity index (χ4n) is 2.14. The first-order valence-electron chi connectivity index (χ1n) is 5.88. The molecule has 0 aromatic carbocycles. The normalized spacial score (nSPS) is 19.5. The second-order valence-electron chi connectivity index (χ2n) is 4.17. The van der Waals surface area contributed by atoms with Gasteiger partial charge in [0.15, 0.2) is 0 Å². The number of aromatic amines is 2. The van der Waals surface area contributed by atoms with Gasteiger partial charge in [0.05, 0.1) is 0 Å². The van der Waals surface area contributed by atoms with Crippen molar-refractivity contribution in [2.45, 2.75) is 25.8 Å². The van der Waals surface area contributed by atoms with Gasteiger partial charge in [0.1, 0.15) is 0 Å². The van der Waals surface area contributed by atoms with Crippen molar-refractivity contribution in [1.29, 1.82) is 0 Å². The van der Waals surface area contributed by atoms with Gasteiger partial charge < -0.3 is 10.2 Å². The molecular weight excluding hydrogens is 222 g/mol. The fraction of sp³-hybridized carbons (Fsp3) is 0.700. The van der Waals surface area contributed by atoms with Gasteiger partial charge in [-0.15, -0.1) is 5.10 Å². The standard InChI is InChI=1S/C10H17N5O2/c1-2-5-15(7-3-4-11-6-7)8-9(16)12-10(17)14-13-8/h7,11H,2-6H2,1H3,(H2,12,14,16,17). The molecule has 0 spiro atoms. The summed E-state index contributed by atoms with van der Waals surface area (Å²) in [5.41, 5.74) is -0.992. The third-order valence-corrected chi connectivity index (χ3v) is 2.91. The molecule has 1 unspecified atom stereocenters. The Balaban J connectivity index is 2.31. The highest BCUT2D eigenvalue weighted by atomic mass is 16.2. The summed E-state index contributed by atoms with van der Waals surface area (Å²) in [6.45, 7) is 4.61. The van der Waals surface area contributed by atoms with Crippen LogP contribution in [-0.2, 0) is 0 Å². The molecule has 1 saturated heterocycles. The summed E-state index contributed by atoms with van der Waals surface area (Å²) in [6, 6.07) is 0.273. The lowest BCUT2D eigenvalue weighted by atomic mass is 10.2. The van der Waals surface area contributed by atoms with E-state index in [1.54, 1.807) is 0 Å². The predicted molar refractivity (Wildman–Crippen MR) is 64.4 cm³/mol. The number of rotatable bonds is 4. The summed E-state index contributed by atoms with van der Waals surface area (Å²) in [5, 5.41) is 9.40. The molecule has 0 bridgehead atoms. The number of nitrogens with one attached hydrogen (secondary N) is 3. The lowest BCUT2D eigenvalue weighted by Crippen LogP contribution is -2.43. The molecule has 7 heteroatoms. The number of nitrogens with zero attached hydrogens (tertiary/aromatic N) is 2. The zero-order chi connectivity index (χ0) is 12.3. The molecule has 94 valence electrons. The van der Waals surface area contributed by atoms with Crippen LogP contribution in [0.1, 0.15) is 19.8 Å². The second-order valence-corrected chi connectivity index (χ2v) is 4.17. The van der Waals surface area contributed by atoms with Crippen molar-refractivity contribution in [2.75, 3.05) is 24.5 Å². The van der Waals surface area contributed by atoms with Gasteiger partial charge in [0.25, 0.3) is 5.56 Å².